The van der Waals surface area contributed by atoms with Gasteiger partial charge < -0.3 is 4.90 Å². The highest BCUT2D eigenvalue weighted by atomic mass is 35.5. The molecule has 190 valence electrons. The van der Waals surface area contributed by atoms with Gasteiger partial charge in [-0.25, -0.2) is 4.68 Å². The fourth-order valence-corrected chi connectivity index (χ4v) is 5.56. The number of benzene rings is 1. The van der Waals surface area contributed by atoms with Crippen LogP contribution in [0.15, 0.2) is 24.3 Å². The van der Waals surface area contributed by atoms with Crippen molar-refractivity contribution < 1.29 is 22.8 Å². The fraction of sp³-hybridized carbons (Fsp3) is 0.542. The minimum Gasteiger partial charge on any atom is -0.342 e. The Morgan fingerprint density at radius 1 is 1.06 bits per heavy atom. The molecule has 1 aromatic carbocycles. The summed E-state index contributed by atoms with van der Waals surface area (Å²) < 4.78 is 41.0. The maximum atomic E-state index is 13.8. The molecule has 35 heavy (non-hydrogen) atoms. The van der Waals surface area contributed by atoms with E-state index in [1.165, 1.54) is 6.92 Å². The summed E-state index contributed by atoms with van der Waals surface area (Å²) >= 11 is 12.0. The summed E-state index contributed by atoms with van der Waals surface area (Å²) in [4.78, 5) is 29.6. The molecule has 6 nitrogen and oxygen atoms in total. The summed E-state index contributed by atoms with van der Waals surface area (Å²) in [5.74, 6) is 0.0551. The van der Waals surface area contributed by atoms with Gasteiger partial charge in [-0.15, -0.1) is 0 Å². The number of amides is 1. The van der Waals surface area contributed by atoms with Gasteiger partial charge in [0.2, 0.25) is 5.91 Å². The molecule has 2 aliphatic rings. The number of hydrogen-bond acceptors (Lipinski definition) is 4. The normalized spacial score (nSPS) is 20.0. The third kappa shape index (κ3) is 4.95. The van der Waals surface area contributed by atoms with Crippen molar-refractivity contribution >= 4 is 35.4 Å². The van der Waals surface area contributed by atoms with E-state index in [4.69, 9.17) is 23.2 Å². The second kappa shape index (κ2) is 10.1. The van der Waals surface area contributed by atoms with Crippen molar-refractivity contribution in [1.29, 1.82) is 0 Å². The van der Waals surface area contributed by atoms with Gasteiger partial charge in [-0.3, -0.25) is 14.5 Å². The van der Waals surface area contributed by atoms with E-state index in [0.717, 1.165) is 29.5 Å². The zero-order valence-corrected chi connectivity index (χ0v) is 20.8. The van der Waals surface area contributed by atoms with Crippen molar-refractivity contribution in [3.8, 4) is 0 Å². The first kappa shape index (κ1) is 26.0. The first-order valence-corrected chi connectivity index (χ1v) is 12.4. The molecule has 2 fully saturated rings. The number of nitrogens with zero attached hydrogens (tertiary/aromatic N) is 4. The molecule has 2 aliphatic heterocycles. The lowest BCUT2D eigenvalue weighted by molar-refractivity contribution is -0.143. The van der Waals surface area contributed by atoms with Gasteiger partial charge >= 0.3 is 6.18 Å². The van der Waals surface area contributed by atoms with Gasteiger partial charge in [0.25, 0.3) is 0 Å². The number of halogens is 5. The van der Waals surface area contributed by atoms with Gasteiger partial charge in [0.15, 0.2) is 18.1 Å². The maximum Gasteiger partial charge on any atom is 0.436 e. The van der Waals surface area contributed by atoms with Crippen molar-refractivity contribution in [2.24, 2.45) is 0 Å². The standard InChI is InChI=1S/C24H27Cl2F3N4O2/c1-16-20(26)21(24(27,28)29)30-33(16)19(15-34)31-13-9-23(10-14-31,17-5-7-18(25)8-6-17)22(35)32-11-3-2-4-12-32/h5-8,15,19H,2-4,9-14H2,1H3. The third-order valence-corrected chi connectivity index (χ3v) is 7.90. The second-order valence-corrected chi connectivity index (χ2v) is 10.0. The predicted molar refractivity (Wildman–Crippen MR) is 126 cm³/mol. The summed E-state index contributed by atoms with van der Waals surface area (Å²) in [6.45, 7) is 3.47. The highest BCUT2D eigenvalue weighted by Gasteiger charge is 2.47. The summed E-state index contributed by atoms with van der Waals surface area (Å²) in [7, 11) is 0. The Morgan fingerprint density at radius 2 is 1.66 bits per heavy atom. The number of hydrogen-bond donors (Lipinski definition) is 0. The molecule has 0 bridgehead atoms. The van der Waals surface area contributed by atoms with Gasteiger partial charge in [0.1, 0.15) is 0 Å². The van der Waals surface area contributed by atoms with Crippen LogP contribution in [0.25, 0.3) is 0 Å². The molecule has 0 spiro atoms. The Hall–Kier alpha value is -2.10. The second-order valence-electron chi connectivity index (χ2n) is 9.22. The molecule has 0 saturated carbocycles. The molecule has 0 N–H and O–H groups in total. The van der Waals surface area contributed by atoms with Crippen LogP contribution < -0.4 is 0 Å². The number of piperidine rings is 2. The highest BCUT2D eigenvalue weighted by Crippen LogP contribution is 2.41. The fourth-order valence-electron chi connectivity index (χ4n) is 5.20. The lowest BCUT2D eigenvalue weighted by atomic mass is 9.71. The number of aldehydes is 1. The Kier molecular flexibility index (Phi) is 7.50. The first-order chi connectivity index (χ1) is 16.6. The van der Waals surface area contributed by atoms with Gasteiger partial charge in [-0.1, -0.05) is 35.3 Å². The van der Waals surface area contributed by atoms with Crippen LogP contribution in [-0.2, 0) is 21.2 Å². The molecule has 1 unspecified atom stereocenters. The molecule has 11 heteroatoms. The molecule has 2 saturated heterocycles. The number of carbonyl (C=O) groups is 2. The topological polar surface area (TPSA) is 58.4 Å². The summed E-state index contributed by atoms with van der Waals surface area (Å²) in [5.41, 5.74) is -1.08. The molecular formula is C24H27Cl2F3N4O2. The van der Waals surface area contributed by atoms with E-state index in [2.05, 4.69) is 5.10 Å². The van der Waals surface area contributed by atoms with Crippen LogP contribution in [0, 0.1) is 6.92 Å². The maximum absolute atomic E-state index is 13.8. The number of alkyl halides is 3. The Balaban J connectivity index is 1.62. The van der Waals surface area contributed by atoms with E-state index in [0.29, 0.717) is 50.3 Å². The van der Waals surface area contributed by atoms with Crippen molar-refractivity contribution in [3.05, 3.63) is 51.3 Å². The number of rotatable bonds is 5. The van der Waals surface area contributed by atoms with Crippen molar-refractivity contribution in [3.63, 3.8) is 0 Å². The van der Waals surface area contributed by atoms with E-state index in [1.54, 1.807) is 17.0 Å². The quantitative estimate of drug-likeness (QED) is 0.494. The molecule has 1 amide bonds. The van der Waals surface area contributed by atoms with Gasteiger partial charge in [0.05, 0.1) is 16.1 Å². The molecule has 2 aromatic rings. The minimum absolute atomic E-state index is 0.0551. The van der Waals surface area contributed by atoms with Crippen LogP contribution in [-0.4, -0.2) is 58.0 Å². The SMILES string of the molecule is Cc1c(Cl)c(C(F)(F)F)nn1C(C=O)N1CCC(C(=O)N2CCCCC2)(c2ccc(Cl)cc2)CC1. The van der Waals surface area contributed by atoms with Crippen LogP contribution in [0.2, 0.25) is 10.0 Å². The molecule has 1 aromatic heterocycles. The molecule has 0 radical (unpaired) electrons. The number of aromatic nitrogens is 2. The molecule has 0 aliphatic carbocycles. The monoisotopic (exact) mass is 530 g/mol. The average Bonchev–Trinajstić information content (AvgIpc) is 3.15. The first-order valence-electron chi connectivity index (χ1n) is 11.6. The van der Waals surface area contributed by atoms with E-state index in [9.17, 15) is 22.8 Å². The molecular weight excluding hydrogens is 504 g/mol. The zero-order chi connectivity index (χ0) is 25.4. The largest absolute Gasteiger partial charge is 0.436 e. The molecule has 3 heterocycles. The smallest absolute Gasteiger partial charge is 0.342 e. The van der Waals surface area contributed by atoms with Gasteiger partial charge in [-0.05, 0) is 56.7 Å². The number of carbonyl (C=O) groups excluding carboxylic acids is 2. The molecule has 1 atom stereocenters. The minimum atomic E-state index is -4.73. The van der Waals surface area contributed by atoms with Crippen molar-refractivity contribution in [2.45, 2.75) is 56.8 Å². The van der Waals surface area contributed by atoms with Crippen LogP contribution >= 0.6 is 23.2 Å². The van der Waals surface area contributed by atoms with Crippen LogP contribution in [0.5, 0.6) is 0 Å². The Labute approximate surface area is 212 Å². The highest BCUT2D eigenvalue weighted by molar-refractivity contribution is 6.32. The predicted octanol–water partition coefficient (Wildman–Crippen LogP) is 5.26. The van der Waals surface area contributed by atoms with Crippen LogP contribution in [0.4, 0.5) is 13.2 Å². The summed E-state index contributed by atoms with van der Waals surface area (Å²) in [5, 5.41) is 3.69. The average molecular weight is 531 g/mol. The van der Waals surface area contributed by atoms with Gasteiger partial charge in [0, 0.05) is 31.2 Å². The lowest BCUT2D eigenvalue weighted by Crippen LogP contribution is -2.55. The van der Waals surface area contributed by atoms with E-state index >= 15 is 0 Å². The zero-order valence-electron chi connectivity index (χ0n) is 19.3. The van der Waals surface area contributed by atoms with E-state index < -0.39 is 28.5 Å². The summed E-state index contributed by atoms with van der Waals surface area (Å²) in [6.07, 6.45) is -1.38. The Morgan fingerprint density at radius 3 is 2.17 bits per heavy atom. The third-order valence-electron chi connectivity index (χ3n) is 7.19. The van der Waals surface area contributed by atoms with E-state index in [1.807, 2.05) is 17.0 Å². The van der Waals surface area contributed by atoms with Gasteiger partial charge in [-0.2, -0.15) is 18.3 Å². The number of likely N-dealkylation sites (tertiary alicyclic amines) is 2. The lowest BCUT2D eigenvalue weighted by Gasteiger charge is -2.45. The molecule has 4 rings (SSSR count). The Bertz CT molecular complexity index is 1070. The van der Waals surface area contributed by atoms with Crippen molar-refractivity contribution in [2.75, 3.05) is 26.2 Å². The van der Waals surface area contributed by atoms with E-state index in [-0.39, 0.29) is 11.6 Å². The summed E-state index contributed by atoms with van der Waals surface area (Å²) in [6, 6.07) is 7.25. The van der Waals surface area contributed by atoms with Crippen molar-refractivity contribution in [1.82, 2.24) is 19.6 Å². The van der Waals surface area contributed by atoms with Crippen LogP contribution in [0.3, 0.4) is 0 Å². The van der Waals surface area contributed by atoms with Crippen LogP contribution in [0.1, 0.15) is 55.2 Å².